The number of piperidine rings is 1. The zero-order chi connectivity index (χ0) is 21.2. The van der Waals surface area contributed by atoms with Gasteiger partial charge in [0.05, 0.1) is 17.3 Å². The minimum Gasteiger partial charge on any atom is -0.376 e. The Morgan fingerprint density at radius 2 is 1.90 bits per heavy atom. The summed E-state index contributed by atoms with van der Waals surface area (Å²) in [5.74, 6) is 0.711. The summed E-state index contributed by atoms with van der Waals surface area (Å²) in [6.45, 7) is 6.61. The van der Waals surface area contributed by atoms with E-state index in [-0.39, 0.29) is 12.0 Å². The van der Waals surface area contributed by atoms with Crippen LogP contribution < -0.4 is 0 Å². The zero-order valence-corrected chi connectivity index (χ0v) is 19.3. The van der Waals surface area contributed by atoms with Gasteiger partial charge in [-0.25, -0.2) is 4.98 Å². The van der Waals surface area contributed by atoms with Crippen LogP contribution >= 0.6 is 11.3 Å². The highest BCUT2D eigenvalue weighted by atomic mass is 32.1. The van der Waals surface area contributed by atoms with E-state index in [2.05, 4.69) is 39.0 Å². The lowest BCUT2D eigenvalue weighted by Crippen LogP contribution is -2.46. The molecule has 3 aliphatic rings. The number of hydrogen-bond acceptors (Lipinski definition) is 5. The average molecular weight is 440 g/mol. The number of rotatable bonds is 6. The highest BCUT2D eigenvalue weighted by Gasteiger charge is 2.32. The smallest absolute Gasteiger partial charge is 0.265 e. The minimum atomic E-state index is 0.143. The molecule has 0 bridgehead atoms. The van der Waals surface area contributed by atoms with E-state index in [0.29, 0.717) is 18.5 Å². The molecule has 1 amide bonds. The Balaban J connectivity index is 1.19. The van der Waals surface area contributed by atoms with E-state index in [9.17, 15) is 4.79 Å². The molecule has 166 valence electrons. The van der Waals surface area contributed by atoms with Crippen molar-refractivity contribution in [3.63, 3.8) is 0 Å². The number of nitrogens with zero attached hydrogens (tertiary/aromatic N) is 3. The van der Waals surface area contributed by atoms with Crippen LogP contribution in [0.2, 0.25) is 0 Å². The predicted octanol–water partition coefficient (Wildman–Crippen LogP) is 3.95. The van der Waals surface area contributed by atoms with Crippen LogP contribution in [0.3, 0.4) is 0 Å². The van der Waals surface area contributed by atoms with E-state index < -0.39 is 0 Å². The van der Waals surface area contributed by atoms with Crippen LogP contribution in [0, 0.1) is 12.8 Å². The number of likely N-dealkylation sites (tertiary alicyclic amines) is 1. The quantitative estimate of drug-likeness (QED) is 0.684. The number of benzene rings is 1. The second kappa shape index (κ2) is 9.39. The molecule has 31 heavy (non-hydrogen) atoms. The Morgan fingerprint density at radius 3 is 2.52 bits per heavy atom. The van der Waals surface area contributed by atoms with Crippen LogP contribution in [-0.2, 0) is 17.6 Å². The van der Waals surface area contributed by atoms with Crippen LogP contribution in [0.15, 0.2) is 29.8 Å². The molecule has 3 heterocycles. The van der Waals surface area contributed by atoms with Crippen LogP contribution in [0.25, 0.3) is 0 Å². The van der Waals surface area contributed by atoms with Crippen LogP contribution in [0.1, 0.15) is 52.2 Å². The fourth-order valence-corrected chi connectivity index (χ4v) is 6.30. The summed E-state index contributed by atoms with van der Waals surface area (Å²) < 4.78 is 5.87. The molecule has 5 nitrogen and oxygen atoms in total. The minimum absolute atomic E-state index is 0.143. The summed E-state index contributed by atoms with van der Waals surface area (Å²) in [6, 6.07) is 9.56. The number of hydrogen-bond donors (Lipinski definition) is 0. The third-order valence-corrected chi connectivity index (χ3v) is 8.27. The predicted molar refractivity (Wildman–Crippen MR) is 124 cm³/mol. The van der Waals surface area contributed by atoms with E-state index in [1.165, 1.54) is 48.1 Å². The first kappa shape index (κ1) is 21.1. The molecule has 0 spiro atoms. The molecular weight excluding hydrogens is 406 g/mol. The van der Waals surface area contributed by atoms with Gasteiger partial charge in [-0.3, -0.25) is 9.69 Å². The average Bonchev–Trinajstić information content (AvgIpc) is 3.54. The lowest BCUT2D eigenvalue weighted by atomic mass is 9.94. The number of carbonyl (C=O) groups excluding carboxylic acids is 1. The molecule has 1 aliphatic carbocycles. The van der Waals surface area contributed by atoms with Gasteiger partial charge in [0, 0.05) is 25.7 Å². The molecule has 1 aromatic carbocycles. The summed E-state index contributed by atoms with van der Waals surface area (Å²) >= 11 is 1.47. The SMILES string of the molecule is Cc1ncsc1C(=O)N(CC1CCN(C2Cc3ccccc3C2)CC1)CC1CCCO1. The number of thiazole rings is 1. The number of amides is 1. The van der Waals surface area contributed by atoms with Gasteiger partial charge in [-0.05, 0) is 75.6 Å². The molecule has 2 aliphatic heterocycles. The van der Waals surface area contributed by atoms with E-state index in [1.54, 1.807) is 5.51 Å². The first-order chi connectivity index (χ1) is 15.2. The molecule has 1 unspecified atom stereocenters. The molecule has 5 rings (SSSR count). The lowest BCUT2D eigenvalue weighted by Gasteiger charge is -2.38. The highest BCUT2D eigenvalue weighted by Crippen LogP contribution is 2.29. The number of aryl methyl sites for hydroxylation is 1. The molecule has 1 aromatic heterocycles. The number of fused-ring (bicyclic) bond motifs is 1. The highest BCUT2D eigenvalue weighted by molar-refractivity contribution is 7.11. The van der Waals surface area contributed by atoms with Crippen molar-refractivity contribution in [3.8, 4) is 0 Å². The Labute approximate surface area is 189 Å². The summed E-state index contributed by atoms with van der Waals surface area (Å²) in [7, 11) is 0. The maximum absolute atomic E-state index is 13.3. The monoisotopic (exact) mass is 439 g/mol. The van der Waals surface area contributed by atoms with Crippen LogP contribution in [-0.4, -0.2) is 65.6 Å². The van der Waals surface area contributed by atoms with Gasteiger partial charge in [0.2, 0.25) is 0 Å². The van der Waals surface area contributed by atoms with Gasteiger partial charge >= 0.3 is 0 Å². The standard InChI is InChI=1S/C25H33N3O2S/c1-18-24(31-17-26-18)25(29)28(16-23-7-4-12-30-23)15-19-8-10-27(11-9-19)22-13-20-5-2-3-6-21(20)14-22/h2-3,5-6,17,19,22-23H,4,7-16H2,1H3. The van der Waals surface area contributed by atoms with Crippen molar-refractivity contribution in [2.75, 3.05) is 32.8 Å². The second-order valence-electron chi connectivity index (χ2n) is 9.42. The van der Waals surface area contributed by atoms with E-state index in [4.69, 9.17) is 4.74 Å². The summed E-state index contributed by atoms with van der Waals surface area (Å²) in [5, 5.41) is 0. The fourth-order valence-electron chi connectivity index (χ4n) is 5.53. The van der Waals surface area contributed by atoms with Crippen molar-refractivity contribution < 1.29 is 9.53 Å². The van der Waals surface area contributed by atoms with Gasteiger partial charge in [0.1, 0.15) is 4.88 Å². The summed E-state index contributed by atoms with van der Waals surface area (Å²) in [4.78, 5) is 23.2. The second-order valence-corrected chi connectivity index (χ2v) is 10.3. The third-order valence-electron chi connectivity index (χ3n) is 7.35. The van der Waals surface area contributed by atoms with Gasteiger partial charge in [0.15, 0.2) is 0 Å². The fraction of sp³-hybridized carbons (Fsp3) is 0.600. The zero-order valence-electron chi connectivity index (χ0n) is 18.5. The number of aromatic nitrogens is 1. The van der Waals surface area contributed by atoms with Crippen molar-refractivity contribution in [1.29, 1.82) is 0 Å². The molecular formula is C25H33N3O2S. The first-order valence-electron chi connectivity index (χ1n) is 11.8. The van der Waals surface area contributed by atoms with E-state index in [0.717, 1.165) is 49.7 Å². The van der Waals surface area contributed by atoms with Gasteiger partial charge in [-0.1, -0.05) is 24.3 Å². The largest absolute Gasteiger partial charge is 0.376 e. The van der Waals surface area contributed by atoms with Gasteiger partial charge in [-0.15, -0.1) is 11.3 Å². The van der Waals surface area contributed by atoms with Crippen molar-refractivity contribution >= 4 is 17.2 Å². The van der Waals surface area contributed by atoms with Gasteiger partial charge < -0.3 is 9.64 Å². The molecule has 1 atom stereocenters. The molecule has 0 saturated carbocycles. The Morgan fingerprint density at radius 1 is 1.16 bits per heavy atom. The summed E-state index contributed by atoms with van der Waals surface area (Å²) in [6.07, 6.45) is 7.08. The molecule has 0 N–H and O–H groups in total. The Hall–Kier alpha value is -1.76. The maximum Gasteiger partial charge on any atom is 0.265 e. The molecule has 0 radical (unpaired) electrons. The number of ether oxygens (including phenoxy) is 1. The Kier molecular flexibility index (Phi) is 6.39. The van der Waals surface area contributed by atoms with E-state index >= 15 is 0 Å². The molecule has 2 saturated heterocycles. The van der Waals surface area contributed by atoms with Crippen molar-refractivity contribution in [3.05, 3.63) is 51.5 Å². The summed E-state index contributed by atoms with van der Waals surface area (Å²) in [5.41, 5.74) is 5.69. The van der Waals surface area contributed by atoms with Crippen molar-refractivity contribution in [2.24, 2.45) is 5.92 Å². The third kappa shape index (κ3) is 4.71. The topological polar surface area (TPSA) is 45.7 Å². The lowest BCUT2D eigenvalue weighted by molar-refractivity contribution is 0.0432. The van der Waals surface area contributed by atoms with Crippen molar-refractivity contribution in [1.82, 2.24) is 14.8 Å². The molecule has 2 fully saturated rings. The molecule has 2 aromatic rings. The van der Waals surface area contributed by atoms with Gasteiger partial charge in [0.25, 0.3) is 5.91 Å². The van der Waals surface area contributed by atoms with E-state index in [1.807, 2.05) is 6.92 Å². The van der Waals surface area contributed by atoms with Crippen LogP contribution in [0.5, 0.6) is 0 Å². The van der Waals surface area contributed by atoms with Gasteiger partial charge in [-0.2, -0.15) is 0 Å². The van der Waals surface area contributed by atoms with Crippen LogP contribution in [0.4, 0.5) is 0 Å². The van der Waals surface area contributed by atoms with Crippen molar-refractivity contribution in [2.45, 2.75) is 57.6 Å². The normalized spacial score (nSPS) is 22.7. The molecule has 6 heteroatoms. The number of carbonyl (C=O) groups is 1. The maximum atomic E-state index is 13.3. The first-order valence-corrected chi connectivity index (χ1v) is 12.7. The Bertz CT molecular complexity index is 875.